The van der Waals surface area contributed by atoms with Gasteiger partial charge in [-0.1, -0.05) is 6.07 Å². The minimum atomic E-state index is -0.590. The van der Waals surface area contributed by atoms with Crippen LogP contribution in [0.15, 0.2) is 41.0 Å². The molecule has 1 atom stereocenters. The molecule has 7 heteroatoms. The molecule has 2 N–H and O–H groups in total. The van der Waals surface area contributed by atoms with Gasteiger partial charge in [0.25, 0.3) is 0 Å². The van der Waals surface area contributed by atoms with Crippen LogP contribution in [-0.2, 0) is 13.0 Å². The van der Waals surface area contributed by atoms with Gasteiger partial charge >= 0.3 is 0 Å². The predicted octanol–water partition coefficient (Wildman–Crippen LogP) is 3.33. The first-order valence-electron chi connectivity index (χ1n) is 7.87. The van der Waals surface area contributed by atoms with E-state index in [1.807, 2.05) is 18.0 Å². The second-order valence-electron chi connectivity index (χ2n) is 6.14. The molecule has 4 rings (SSSR count). The van der Waals surface area contributed by atoms with Crippen LogP contribution in [0.3, 0.4) is 0 Å². The van der Waals surface area contributed by atoms with E-state index < -0.39 is 11.6 Å². The fraction of sp³-hybridized carbons (Fsp3) is 0.222. The molecule has 0 aliphatic carbocycles. The molecule has 128 valence electrons. The predicted molar refractivity (Wildman–Crippen MR) is 88.4 cm³/mol. The summed E-state index contributed by atoms with van der Waals surface area (Å²) >= 11 is 0. The lowest BCUT2D eigenvalue weighted by atomic mass is 10.0. The summed E-state index contributed by atoms with van der Waals surface area (Å²) < 4.78 is 32.7. The molecule has 0 fully saturated rings. The van der Waals surface area contributed by atoms with Gasteiger partial charge in [-0.2, -0.15) is 0 Å². The summed E-state index contributed by atoms with van der Waals surface area (Å²) in [5.41, 5.74) is 8.64. The quantitative estimate of drug-likeness (QED) is 0.791. The van der Waals surface area contributed by atoms with Crippen molar-refractivity contribution < 1.29 is 13.2 Å². The molecule has 1 aliphatic rings. The van der Waals surface area contributed by atoms with Crippen molar-refractivity contribution in [3.63, 3.8) is 0 Å². The number of nitrogens with zero attached hydrogens (tertiary/aromatic N) is 3. The number of fused-ring (bicyclic) bond motifs is 1. The SMILES string of the molecule is CN1Cc2c(-c3ccco3)nc(N)nc2C1Cc1ccc(F)cc1F. The third-order valence-corrected chi connectivity index (χ3v) is 4.49. The van der Waals surface area contributed by atoms with E-state index in [1.54, 1.807) is 12.3 Å². The highest BCUT2D eigenvalue weighted by Gasteiger charge is 2.33. The van der Waals surface area contributed by atoms with Crippen LogP contribution in [0, 0.1) is 11.6 Å². The molecule has 2 aromatic heterocycles. The first kappa shape index (κ1) is 15.7. The Balaban J connectivity index is 1.76. The Morgan fingerprint density at radius 3 is 2.84 bits per heavy atom. The molecule has 0 bridgehead atoms. The molecule has 1 unspecified atom stereocenters. The van der Waals surface area contributed by atoms with Crippen LogP contribution in [-0.4, -0.2) is 21.9 Å². The molecule has 0 amide bonds. The summed E-state index contributed by atoms with van der Waals surface area (Å²) in [5, 5.41) is 0. The van der Waals surface area contributed by atoms with Crippen molar-refractivity contribution in [2.75, 3.05) is 12.8 Å². The van der Waals surface area contributed by atoms with Gasteiger partial charge in [0.1, 0.15) is 17.3 Å². The first-order chi connectivity index (χ1) is 12.0. The van der Waals surface area contributed by atoms with Gasteiger partial charge in [-0.05, 0) is 37.2 Å². The van der Waals surface area contributed by atoms with Crippen LogP contribution in [0.4, 0.5) is 14.7 Å². The summed E-state index contributed by atoms with van der Waals surface area (Å²) in [7, 11) is 1.93. The number of likely N-dealkylation sites (N-methyl/N-ethyl adjacent to an activating group) is 1. The Morgan fingerprint density at radius 2 is 2.12 bits per heavy atom. The molecule has 0 radical (unpaired) electrons. The highest BCUT2D eigenvalue weighted by Crippen LogP contribution is 2.38. The lowest BCUT2D eigenvalue weighted by Gasteiger charge is -2.20. The molecule has 5 nitrogen and oxygen atoms in total. The summed E-state index contributed by atoms with van der Waals surface area (Å²) in [6.07, 6.45) is 1.94. The average molecular weight is 342 g/mol. The van der Waals surface area contributed by atoms with Crippen molar-refractivity contribution in [2.45, 2.75) is 19.0 Å². The van der Waals surface area contributed by atoms with E-state index in [9.17, 15) is 8.78 Å². The zero-order chi connectivity index (χ0) is 17.6. The first-order valence-corrected chi connectivity index (χ1v) is 7.87. The summed E-state index contributed by atoms with van der Waals surface area (Å²) in [6, 6.07) is 7.05. The van der Waals surface area contributed by atoms with Gasteiger partial charge in [0.15, 0.2) is 5.76 Å². The van der Waals surface area contributed by atoms with Crippen molar-refractivity contribution in [2.24, 2.45) is 0 Å². The Labute approximate surface area is 143 Å². The number of hydrogen-bond acceptors (Lipinski definition) is 5. The Bertz CT molecular complexity index is 927. The molecule has 1 aliphatic heterocycles. The fourth-order valence-corrected chi connectivity index (χ4v) is 3.28. The van der Waals surface area contributed by atoms with Crippen LogP contribution in [0.2, 0.25) is 0 Å². The van der Waals surface area contributed by atoms with Crippen molar-refractivity contribution in [1.29, 1.82) is 0 Å². The minimum Gasteiger partial charge on any atom is -0.463 e. The lowest BCUT2D eigenvalue weighted by Crippen LogP contribution is -2.19. The van der Waals surface area contributed by atoms with Crippen molar-refractivity contribution in [3.8, 4) is 11.5 Å². The summed E-state index contributed by atoms with van der Waals surface area (Å²) in [5.74, 6) is -0.388. The van der Waals surface area contributed by atoms with E-state index >= 15 is 0 Å². The zero-order valence-corrected chi connectivity index (χ0v) is 13.5. The number of nitrogen functional groups attached to an aromatic ring is 1. The Kier molecular flexibility index (Phi) is 3.73. The van der Waals surface area contributed by atoms with Gasteiger partial charge in [0, 0.05) is 18.2 Å². The number of hydrogen-bond donors (Lipinski definition) is 1. The van der Waals surface area contributed by atoms with E-state index in [-0.39, 0.29) is 12.0 Å². The maximum Gasteiger partial charge on any atom is 0.220 e. The standard InChI is InChI=1S/C18H16F2N4O/c1-24-9-12-16(14(24)7-10-4-5-11(19)8-13(10)20)22-18(21)23-17(12)15-3-2-6-25-15/h2-6,8,14H,7,9H2,1H3,(H2,21,22,23). The molecule has 25 heavy (non-hydrogen) atoms. The molecule has 3 heterocycles. The lowest BCUT2D eigenvalue weighted by molar-refractivity contribution is 0.262. The van der Waals surface area contributed by atoms with E-state index in [1.165, 1.54) is 12.1 Å². The van der Waals surface area contributed by atoms with Crippen molar-refractivity contribution in [1.82, 2.24) is 14.9 Å². The van der Waals surface area contributed by atoms with E-state index in [0.29, 0.717) is 30.0 Å². The maximum atomic E-state index is 14.1. The van der Waals surface area contributed by atoms with Crippen LogP contribution in [0.1, 0.15) is 22.9 Å². The number of furan rings is 1. The number of benzene rings is 1. The summed E-state index contributed by atoms with van der Waals surface area (Å²) in [4.78, 5) is 10.8. The van der Waals surface area contributed by atoms with Gasteiger partial charge in [-0.25, -0.2) is 18.7 Å². The van der Waals surface area contributed by atoms with Crippen molar-refractivity contribution >= 4 is 5.95 Å². The van der Waals surface area contributed by atoms with E-state index in [0.717, 1.165) is 17.3 Å². The zero-order valence-electron chi connectivity index (χ0n) is 13.5. The van der Waals surface area contributed by atoms with E-state index in [4.69, 9.17) is 10.2 Å². The molecular formula is C18H16F2N4O. The maximum absolute atomic E-state index is 14.1. The number of anilines is 1. The minimum absolute atomic E-state index is 0.144. The Morgan fingerprint density at radius 1 is 1.28 bits per heavy atom. The van der Waals surface area contributed by atoms with Gasteiger partial charge in [0.2, 0.25) is 5.95 Å². The highest BCUT2D eigenvalue weighted by atomic mass is 19.1. The number of nitrogens with two attached hydrogens (primary N) is 1. The Hall–Kier alpha value is -2.80. The van der Waals surface area contributed by atoms with Crippen LogP contribution in [0.5, 0.6) is 0 Å². The van der Waals surface area contributed by atoms with Crippen molar-refractivity contribution in [3.05, 3.63) is 65.1 Å². The molecule has 0 saturated heterocycles. The number of rotatable bonds is 3. The largest absolute Gasteiger partial charge is 0.463 e. The van der Waals surface area contributed by atoms with Gasteiger partial charge < -0.3 is 10.2 Å². The monoisotopic (exact) mass is 342 g/mol. The molecular weight excluding hydrogens is 326 g/mol. The van der Waals surface area contributed by atoms with Crippen LogP contribution < -0.4 is 5.73 Å². The average Bonchev–Trinajstić information content (AvgIpc) is 3.18. The molecule has 1 aromatic carbocycles. The van der Waals surface area contributed by atoms with Gasteiger partial charge in [0.05, 0.1) is 18.0 Å². The van der Waals surface area contributed by atoms with Gasteiger partial charge in [-0.3, -0.25) is 4.90 Å². The second kappa shape index (κ2) is 5.93. The summed E-state index contributed by atoms with van der Waals surface area (Å²) in [6.45, 7) is 0.596. The topological polar surface area (TPSA) is 68.2 Å². The second-order valence-corrected chi connectivity index (χ2v) is 6.14. The smallest absolute Gasteiger partial charge is 0.220 e. The highest BCUT2D eigenvalue weighted by molar-refractivity contribution is 5.61. The molecule has 0 spiro atoms. The number of aromatic nitrogens is 2. The third kappa shape index (κ3) is 2.76. The van der Waals surface area contributed by atoms with Gasteiger partial charge in [-0.15, -0.1) is 0 Å². The molecule has 0 saturated carbocycles. The third-order valence-electron chi connectivity index (χ3n) is 4.49. The normalized spacial score (nSPS) is 17.0. The van der Waals surface area contributed by atoms with Crippen LogP contribution >= 0.6 is 0 Å². The van der Waals surface area contributed by atoms with E-state index in [2.05, 4.69) is 9.97 Å². The fourth-order valence-electron chi connectivity index (χ4n) is 3.28. The molecule has 3 aromatic rings. The number of halogens is 2. The van der Waals surface area contributed by atoms with Crippen LogP contribution in [0.25, 0.3) is 11.5 Å².